The van der Waals surface area contributed by atoms with E-state index in [2.05, 4.69) is 0 Å². The number of hydrogen-bond acceptors (Lipinski definition) is 6. The van der Waals surface area contributed by atoms with Gasteiger partial charge in [-0.2, -0.15) is 0 Å². The molecule has 0 aromatic heterocycles. The second kappa shape index (κ2) is 6.53. The fraction of sp³-hybridized carbons (Fsp3) is 0.500. The molecule has 1 rings (SSSR count). The number of aryl methyl sites for hydroxylation is 1. The molecule has 0 fully saturated rings. The van der Waals surface area contributed by atoms with Gasteiger partial charge in [0.2, 0.25) is 0 Å². The summed E-state index contributed by atoms with van der Waals surface area (Å²) in [6.07, 6.45) is 0.503. The molecule has 0 bridgehead atoms. The number of nitrogens with zero attached hydrogens (tertiary/aromatic N) is 1. The van der Waals surface area contributed by atoms with Gasteiger partial charge in [0.1, 0.15) is 5.69 Å². The number of anilines is 1. The smallest absolute Gasteiger partial charge is 0.340 e. The van der Waals surface area contributed by atoms with Gasteiger partial charge in [0.25, 0.3) is 5.69 Å². The van der Waals surface area contributed by atoms with Crippen molar-refractivity contribution in [2.45, 2.75) is 32.8 Å². The van der Waals surface area contributed by atoms with E-state index in [1.165, 1.54) is 12.1 Å². The SMILES string of the molecule is COC(C)(C)CCOC(=O)c1cc(C)cc([N+](=O)[O-])c1N. The van der Waals surface area contributed by atoms with Crippen LogP contribution in [0.1, 0.15) is 36.2 Å². The number of carbonyl (C=O) groups excluding carboxylic acids is 1. The standard InChI is InChI=1S/C14H20N2O5/c1-9-7-10(12(15)11(8-9)16(18)19)13(17)21-6-5-14(2,3)20-4/h7-8H,5-6,15H2,1-4H3. The van der Waals surface area contributed by atoms with Gasteiger partial charge in [-0.15, -0.1) is 0 Å². The molecule has 0 saturated heterocycles. The summed E-state index contributed by atoms with van der Waals surface area (Å²) < 4.78 is 10.3. The van der Waals surface area contributed by atoms with Crippen LogP contribution >= 0.6 is 0 Å². The number of nitro benzene ring substituents is 1. The van der Waals surface area contributed by atoms with Crippen molar-refractivity contribution in [2.75, 3.05) is 19.5 Å². The van der Waals surface area contributed by atoms with Crippen molar-refractivity contribution >= 4 is 17.3 Å². The van der Waals surface area contributed by atoms with E-state index in [0.717, 1.165) is 0 Å². The molecule has 1 aromatic carbocycles. The molecule has 0 aliphatic heterocycles. The Balaban J connectivity index is 2.86. The lowest BCUT2D eigenvalue weighted by molar-refractivity contribution is -0.384. The van der Waals surface area contributed by atoms with Crippen LogP contribution in [-0.2, 0) is 9.47 Å². The fourth-order valence-corrected chi connectivity index (χ4v) is 1.67. The summed E-state index contributed by atoms with van der Waals surface area (Å²) in [5.74, 6) is -0.675. The first-order valence-corrected chi connectivity index (χ1v) is 6.44. The number of esters is 1. The molecule has 0 radical (unpaired) electrons. The van der Waals surface area contributed by atoms with Crippen molar-refractivity contribution in [1.29, 1.82) is 0 Å². The van der Waals surface area contributed by atoms with Gasteiger partial charge in [0.15, 0.2) is 0 Å². The van der Waals surface area contributed by atoms with Crippen LogP contribution in [0.3, 0.4) is 0 Å². The predicted octanol–water partition coefficient (Wildman–Crippen LogP) is 2.46. The first kappa shape index (κ1) is 16.9. The van der Waals surface area contributed by atoms with Crippen molar-refractivity contribution in [3.8, 4) is 0 Å². The Labute approximate surface area is 123 Å². The first-order valence-electron chi connectivity index (χ1n) is 6.44. The van der Waals surface area contributed by atoms with E-state index in [4.69, 9.17) is 15.2 Å². The maximum atomic E-state index is 12.0. The van der Waals surface area contributed by atoms with E-state index in [9.17, 15) is 14.9 Å². The topological polar surface area (TPSA) is 105 Å². The molecule has 0 spiro atoms. The van der Waals surface area contributed by atoms with Crippen molar-refractivity contribution in [1.82, 2.24) is 0 Å². The monoisotopic (exact) mass is 296 g/mol. The Bertz CT molecular complexity index is 555. The minimum atomic E-state index is -0.675. The molecule has 2 N–H and O–H groups in total. The molecule has 21 heavy (non-hydrogen) atoms. The van der Waals surface area contributed by atoms with Crippen LogP contribution < -0.4 is 5.73 Å². The normalized spacial score (nSPS) is 11.2. The second-order valence-electron chi connectivity index (χ2n) is 5.35. The zero-order chi connectivity index (χ0) is 16.2. The minimum Gasteiger partial charge on any atom is -0.462 e. The minimum absolute atomic E-state index is 0.0110. The van der Waals surface area contributed by atoms with Crippen LogP contribution in [0.2, 0.25) is 0 Å². The highest BCUT2D eigenvalue weighted by Crippen LogP contribution is 2.27. The quantitative estimate of drug-likeness (QED) is 0.374. The number of rotatable bonds is 6. The molecule has 0 atom stereocenters. The van der Waals surface area contributed by atoms with E-state index in [-0.39, 0.29) is 23.5 Å². The summed E-state index contributed by atoms with van der Waals surface area (Å²) in [6.45, 7) is 5.53. The van der Waals surface area contributed by atoms with Gasteiger partial charge in [0, 0.05) is 19.6 Å². The zero-order valence-corrected chi connectivity index (χ0v) is 12.6. The number of nitrogens with two attached hydrogens (primary N) is 1. The predicted molar refractivity (Wildman–Crippen MR) is 78.2 cm³/mol. The molecule has 7 nitrogen and oxygen atoms in total. The lowest BCUT2D eigenvalue weighted by Gasteiger charge is -2.22. The molecule has 1 aromatic rings. The Kier molecular flexibility index (Phi) is 5.26. The number of nitrogen functional groups attached to an aromatic ring is 1. The summed E-state index contributed by atoms with van der Waals surface area (Å²) in [6, 6.07) is 2.80. The molecule has 0 amide bonds. The van der Waals surface area contributed by atoms with Gasteiger partial charge in [-0.25, -0.2) is 4.79 Å². The van der Waals surface area contributed by atoms with E-state index in [1.807, 2.05) is 13.8 Å². The zero-order valence-electron chi connectivity index (χ0n) is 12.6. The number of carbonyl (C=O) groups is 1. The summed E-state index contributed by atoms with van der Waals surface area (Å²) in [7, 11) is 1.57. The van der Waals surface area contributed by atoms with Gasteiger partial charge in [-0.1, -0.05) is 0 Å². The highest BCUT2D eigenvalue weighted by atomic mass is 16.6. The third-order valence-electron chi connectivity index (χ3n) is 3.21. The average Bonchev–Trinajstić information content (AvgIpc) is 2.40. The average molecular weight is 296 g/mol. The van der Waals surface area contributed by atoms with Crippen LogP contribution in [0.5, 0.6) is 0 Å². The van der Waals surface area contributed by atoms with Crippen LogP contribution in [0.25, 0.3) is 0 Å². The highest BCUT2D eigenvalue weighted by Gasteiger charge is 2.22. The van der Waals surface area contributed by atoms with Crippen LogP contribution in [0, 0.1) is 17.0 Å². The van der Waals surface area contributed by atoms with Crippen LogP contribution in [0.15, 0.2) is 12.1 Å². The van der Waals surface area contributed by atoms with Crippen molar-refractivity contribution < 1.29 is 19.2 Å². The van der Waals surface area contributed by atoms with Crippen LogP contribution in [0.4, 0.5) is 11.4 Å². The summed E-state index contributed by atoms with van der Waals surface area (Å²) in [5, 5.41) is 10.9. The third-order valence-corrected chi connectivity index (χ3v) is 3.21. The molecule has 0 aliphatic carbocycles. The number of hydrogen-bond donors (Lipinski definition) is 1. The van der Waals surface area contributed by atoms with Crippen molar-refractivity contribution in [2.24, 2.45) is 0 Å². The molecule has 116 valence electrons. The van der Waals surface area contributed by atoms with Gasteiger partial charge in [0.05, 0.1) is 22.7 Å². The van der Waals surface area contributed by atoms with Gasteiger partial charge < -0.3 is 15.2 Å². The van der Waals surface area contributed by atoms with Crippen LogP contribution in [-0.4, -0.2) is 30.2 Å². The van der Waals surface area contributed by atoms with E-state index < -0.39 is 16.5 Å². The van der Waals surface area contributed by atoms with E-state index in [0.29, 0.717) is 12.0 Å². The lowest BCUT2D eigenvalue weighted by atomic mass is 10.1. The van der Waals surface area contributed by atoms with Gasteiger partial charge in [-0.3, -0.25) is 10.1 Å². The molecular weight excluding hydrogens is 276 g/mol. The second-order valence-corrected chi connectivity index (χ2v) is 5.35. The Hall–Kier alpha value is -2.15. The number of benzene rings is 1. The lowest BCUT2D eigenvalue weighted by Crippen LogP contribution is -2.25. The molecular formula is C14H20N2O5. The largest absolute Gasteiger partial charge is 0.462 e. The molecule has 0 unspecified atom stereocenters. The van der Waals surface area contributed by atoms with E-state index in [1.54, 1.807) is 14.0 Å². The fourth-order valence-electron chi connectivity index (χ4n) is 1.67. The van der Waals surface area contributed by atoms with E-state index >= 15 is 0 Å². The summed E-state index contributed by atoms with van der Waals surface area (Å²) in [5.41, 5.74) is 5.37. The maximum Gasteiger partial charge on any atom is 0.340 e. The molecule has 7 heteroatoms. The number of ether oxygens (including phenoxy) is 2. The Morgan fingerprint density at radius 3 is 2.57 bits per heavy atom. The van der Waals surface area contributed by atoms with Crippen molar-refractivity contribution in [3.05, 3.63) is 33.4 Å². The number of methoxy groups -OCH3 is 1. The highest BCUT2D eigenvalue weighted by molar-refractivity contribution is 5.97. The molecule has 0 saturated carbocycles. The number of nitro groups is 1. The third kappa shape index (κ3) is 4.42. The van der Waals surface area contributed by atoms with Gasteiger partial charge in [-0.05, 0) is 32.4 Å². The maximum absolute atomic E-state index is 12.0. The molecule has 0 aliphatic rings. The van der Waals surface area contributed by atoms with Gasteiger partial charge >= 0.3 is 5.97 Å². The Morgan fingerprint density at radius 2 is 2.05 bits per heavy atom. The Morgan fingerprint density at radius 1 is 1.43 bits per heavy atom. The first-order chi connectivity index (χ1) is 9.68. The molecule has 0 heterocycles. The van der Waals surface area contributed by atoms with Crippen molar-refractivity contribution in [3.63, 3.8) is 0 Å². The summed E-state index contributed by atoms with van der Waals surface area (Å²) >= 11 is 0. The summed E-state index contributed by atoms with van der Waals surface area (Å²) in [4.78, 5) is 22.3.